The minimum atomic E-state index is 0.670. The average molecular weight is 242 g/mol. The second-order valence-electron chi connectivity index (χ2n) is 5.45. The lowest BCUT2D eigenvalue weighted by Crippen LogP contribution is -2.47. The molecule has 1 N–H and O–H groups in total. The molecule has 1 unspecified atom stereocenters. The Morgan fingerprint density at radius 3 is 2.56 bits per heavy atom. The molecule has 0 radical (unpaired) electrons. The van der Waals surface area contributed by atoms with E-state index in [1.165, 1.54) is 37.1 Å². The quantitative estimate of drug-likeness (QED) is 0.857. The molecule has 96 valence electrons. The van der Waals surface area contributed by atoms with Crippen molar-refractivity contribution >= 4 is 5.57 Å². The number of hydrogen-bond acceptors (Lipinski definition) is 2. The number of allylic oxidation sites excluding steroid dienone is 1. The number of hydrogen-bond donors (Lipinski definition) is 1. The van der Waals surface area contributed by atoms with Crippen molar-refractivity contribution in [2.24, 2.45) is 0 Å². The van der Waals surface area contributed by atoms with E-state index in [9.17, 15) is 0 Å². The topological polar surface area (TPSA) is 15.3 Å². The Morgan fingerprint density at radius 2 is 1.83 bits per heavy atom. The largest absolute Gasteiger partial charge is 0.314 e. The molecule has 2 heteroatoms. The molecule has 1 aromatic rings. The van der Waals surface area contributed by atoms with Crippen LogP contribution in [0, 0.1) is 6.92 Å². The van der Waals surface area contributed by atoms with Gasteiger partial charge in [-0.1, -0.05) is 35.9 Å². The van der Waals surface area contributed by atoms with Crippen molar-refractivity contribution in [3.05, 3.63) is 41.5 Å². The Hall–Kier alpha value is -1.12. The Bertz CT molecular complexity index is 427. The van der Waals surface area contributed by atoms with Gasteiger partial charge in [-0.05, 0) is 30.9 Å². The monoisotopic (exact) mass is 242 g/mol. The average Bonchev–Trinajstić information content (AvgIpc) is 2.90. The highest BCUT2D eigenvalue weighted by Gasteiger charge is 2.23. The minimum Gasteiger partial charge on any atom is -0.314 e. The molecule has 1 aromatic carbocycles. The van der Waals surface area contributed by atoms with Gasteiger partial charge >= 0.3 is 0 Å². The third-order valence-electron chi connectivity index (χ3n) is 4.15. The third kappa shape index (κ3) is 2.50. The second kappa shape index (κ2) is 5.25. The molecule has 0 spiro atoms. The molecule has 0 amide bonds. The van der Waals surface area contributed by atoms with E-state index < -0.39 is 0 Å². The summed E-state index contributed by atoms with van der Waals surface area (Å²) in [5.74, 6) is 0. The van der Waals surface area contributed by atoms with Gasteiger partial charge in [-0.25, -0.2) is 0 Å². The van der Waals surface area contributed by atoms with Crippen LogP contribution >= 0.6 is 0 Å². The Balaban J connectivity index is 1.72. The van der Waals surface area contributed by atoms with Gasteiger partial charge < -0.3 is 5.32 Å². The lowest BCUT2D eigenvalue weighted by atomic mass is 10.0. The molecule has 1 atom stereocenters. The molecule has 1 heterocycles. The zero-order valence-corrected chi connectivity index (χ0v) is 11.2. The lowest BCUT2D eigenvalue weighted by molar-refractivity contribution is 0.200. The maximum absolute atomic E-state index is 3.42. The van der Waals surface area contributed by atoms with Crippen molar-refractivity contribution in [2.45, 2.75) is 25.8 Å². The zero-order valence-electron chi connectivity index (χ0n) is 11.2. The number of benzene rings is 1. The maximum Gasteiger partial charge on any atom is 0.0288 e. The van der Waals surface area contributed by atoms with Gasteiger partial charge in [0.15, 0.2) is 0 Å². The zero-order chi connectivity index (χ0) is 12.4. The summed E-state index contributed by atoms with van der Waals surface area (Å²) in [6, 6.07) is 9.63. The summed E-state index contributed by atoms with van der Waals surface area (Å²) in [4.78, 5) is 2.62. The standard InChI is InChI=1S/C16H22N2/c1-13-2-4-14(5-3-13)15-6-7-16(12-15)18-10-8-17-9-11-18/h2-5,12,16-17H,6-11H2,1H3. The summed E-state index contributed by atoms with van der Waals surface area (Å²) in [6.07, 6.45) is 5.02. The van der Waals surface area contributed by atoms with Crippen LogP contribution in [0.2, 0.25) is 0 Å². The number of aryl methyl sites for hydroxylation is 1. The van der Waals surface area contributed by atoms with Gasteiger partial charge in [0.1, 0.15) is 0 Å². The van der Waals surface area contributed by atoms with Crippen LogP contribution in [0.4, 0.5) is 0 Å². The molecule has 0 bridgehead atoms. The molecule has 1 aliphatic carbocycles. The van der Waals surface area contributed by atoms with Crippen molar-refractivity contribution < 1.29 is 0 Å². The molecule has 2 aliphatic rings. The van der Waals surface area contributed by atoms with Crippen molar-refractivity contribution in [3.63, 3.8) is 0 Å². The van der Waals surface area contributed by atoms with Gasteiger partial charge in [-0.3, -0.25) is 4.90 Å². The van der Waals surface area contributed by atoms with Crippen LogP contribution in [-0.4, -0.2) is 37.1 Å². The summed E-state index contributed by atoms with van der Waals surface area (Å²) >= 11 is 0. The number of nitrogens with one attached hydrogen (secondary N) is 1. The van der Waals surface area contributed by atoms with Crippen LogP contribution in [0.3, 0.4) is 0 Å². The fourth-order valence-corrected chi connectivity index (χ4v) is 3.01. The predicted octanol–water partition coefficient (Wildman–Crippen LogP) is 2.45. The summed E-state index contributed by atoms with van der Waals surface area (Å²) < 4.78 is 0. The number of rotatable bonds is 2. The highest BCUT2D eigenvalue weighted by molar-refractivity contribution is 5.68. The summed E-state index contributed by atoms with van der Waals surface area (Å²) in [7, 11) is 0. The van der Waals surface area contributed by atoms with Gasteiger partial charge in [0.05, 0.1) is 0 Å². The molecule has 0 saturated carbocycles. The van der Waals surface area contributed by atoms with E-state index in [1.807, 2.05) is 0 Å². The van der Waals surface area contributed by atoms with Crippen LogP contribution in [-0.2, 0) is 0 Å². The molecule has 0 aromatic heterocycles. The first kappa shape index (κ1) is 11.9. The highest BCUT2D eigenvalue weighted by Crippen LogP contribution is 2.30. The molecule has 18 heavy (non-hydrogen) atoms. The molecule has 2 nitrogen and oxygen atoms in total. The van der Waals surface area contributed by atoms with Crippen molar-refractivity contribution in [1.29, 1.82) is 0 Å². The molecule has 1 aliphatic heterocycles. The van der Waals surface area contributed by atoms with Crippen LogP contribution in [0.1, 0.15) is 24.0 Å². The maximum atomic E-state index is 3.42. The van der Waals surface area contributed by atoms with E-state index in [4.69, 9.17) is 0 Å². The first-order chi connectivity index (χ1) is 8.83. The first-order valence-corrected chi connectivity index (χ1v) is 7.05. The van der Waals surface area contributed by atoms with Crippen LogP contribution < -0.4 is 5.32 Å². The van der Waals surface area contributed by atoms with E-state index in [0.29, 0.717) is 6.04 Å². The van der Waals surface area contributed by atoms with E-state index in [1.54, 1.807) is 5.57 Å². The smallest absolute Gasteiger partial charge is 0.0288 e. The highest BCUT2D eigenvalue weighted by atomic mass is 15.2. The SMILES string of the molecule is Cc1ccc(C2=CC(N3CCNCC3)CC2)cc1. The molecular weight excluding hydrogens is 220 g/mol. The van der Waals surface area contributed by atoms with Gasteiger partial charge in [0.25, 0.3) is 0 Å². The predicted molar refractivity (Wildman–Crippen MR) is 76.6 cm³/mol. The van der Waals surface area contributed by atoms with E-state index in [-0.39, 0.29) is 0 Å². The second-order valence-corrected chi connectivity index (χ2v) is 5.45. The number of piperazine rings is 1. The van der Waals surface area contributed by atoms with Crippen molar-refractivity contribution in [1.82, 2.24) is 10.2 Å². The Morgan fingerprint density at radius 1 is 1.11 bits per heavy atom. The third-order valence-corrected chi connectivity index (χ3v) is 4.15. The molecule has 1 saturated heterocycles. The lowest BCUT2D eigenvalue weighted by Gasteiger charge is -2.31. The van der Waals surface area contributed by atoms with Crippen molar-refractivity contribution in [2.75, 3.05) is 26.2 Å². The van der Waals surface area contributed by atoms with E-state index in [2.05, 4.69) is 47.5 Å². The fourth-order valence-electron chi connectivity index (χ4n) is 3.01. The number of nitrogens with zero attached hydrogens (tertiary/aromatic N) is 1. The van der Waals surface area contributed by atoms with E-state index >= 15 is 0 Å². The summed E-state index contributed by atoms with van der Waals surface area (Å²) in [5, 5.41) is 3.42. The van der Waals surface area contributed by atoms with Crippen LogP contribution in [0.25, 0.3) is 5.57 Å². The minimum absolute atomic E-state index is 0.670. The Kier molecular flexibility index (Phi) is 3.48. The molecule has 3 rings (SSSR count). The molecular formula is C16H22N2. The van der Waals surface area contributed by atoms with Gasteiger partial charge in [-0.15, -0.1) is 0 Å². The normalized spacial score (nSPS) is 25.2. The molecule has 1 fully saturated rings. The Labute approximate surface area is 110 Å². The van der Waals surface area contributed by atoms with Gasteiger partial charge in [0, 0.05) is 32.2 Å². The fraction of sp³-hybridized carbons (Fsp3) is 0.500. The first-order valence-electron chi connectivity index (χ1n) is 7.05. The van der Waals surface area contributed by atoms with Crippen LogP contribution in [0.5, 0.6) is 0 Å². The van der Waals surface area contributed by atoms with Crippen LogP contribution in [0.15, 0.2) is 30.3 Å². The summed E-state index contributed by atoms with van der Waals surface area (Å²) in [5.41, 5.74) is 4.30. The van der Waals surface area contributed by atoms with Gasteiger partial charge in [-0.2, -0.15) is 0 Å². The van der Waals surface area contributed by atoms with E-state index in [0.717, 1.165) is 13.1 Å². The van der Waals surface area contributed by atoms with Gasteiger partial charge in [0.2, 0.25) is 0 Å². The summed E-state index contributed by atoms with van der Waals surface area (Å²) in [6.45, 7) is 6.83. The van der Waals surface area contributed by atoms with Crippen molar-refractivity contribution in [3.8, 4) is 0 Å².